The maximum atomic E-state index is 11.1. The standard InChI is InChI=1S/C13H22N4O2/c1-2-13(14,12(18)19)4-3-6-16-8-9-17-7-5-15-11(17)10-16/h5,7H,2-4,6,8-10,14H2,1H3,(H,18,19). The van der Waals surface area contributed by atoms with Gasteiger partial charge in [-0.05, 0) is 25.8 Å². The van der Waals surface area contributed by atoms with Crippen LogP contribution in [0.1, 0.15) is 32.0 Å². The molecule has 1 atom stereocenters. The molecule has 6 heteroatoms. The Balaban J connectivity index is 1.80. The second kappa shape index (κ2) is 5.71. The summed E-state index contributed by atoms with van der Waals surface area (Å²) in [6, 6.07) is 0. The van der Waals surface area contributed by atoms with Gasteiger partial charge in [0.1, 0.15) is 11.4 Å². The van der Waals surface area contributed by atoms with E-state index in [1.54, 1.807) is 0 Å². The first kappa shape index (κ1) is 14.0. The van der Waals surface area contributed by atoms with Crippen molar-refractivity contribution in [2.24, 2.45) is 5.73 Å². The summed E-state index contributed by atoms with van der Waals surface area (Å²) in [7, 11) is 0. The summed E-state index contributed by atoms with van der Waals surface area (Å²) in [5.41, 5.74) is 4.81. The van der Waals surface area contributed by atoms with Gasteiger partial charge in [0.15, 0.2) is 0 Å². The monoisotopic (exact) mass is 266 g/mol. The Morgan fingerprint density at radius 3 is 3.05 bits per heavy atom. The molecule has 1 unspecified atom stereocenters. The molecule has 0 bridgehead atoms. The van der Waals surface area contributed by atoms with Crippen LogP contribution < -0.4 is 5.73 Å². The zero-order valence-electron chi connectivity index (χ0n) is 11.4. The number of fused-ring (bicyclic) bond motifs is 1. The maximum Gasteiger partial charge on any atom is 0.323 e. The molecule has 106 valence electrons. The average molecular weight is 266 g/mol. The molecule has 0 saturated heterocycles. The summed E-state index contributed by atoms with van der Waals surface area (Å²) in [6.07, 6.45) is 5.61. The minimum Gasteiger partial charge on any atom is -0.480 e. The number of hydrogen-bond acceptors (Lipinski definition) is 4. The summed E-state index contributed by atoms with van der Waals surface area (Å²) in [5, 5.41) is 9.12. The van der Waals surface area contributed by atoms with Crippen molar-refractivity contribution in [3.63, 3.8) is 0 Å². The Labute approximate surface area is 113 Å². The van der Waals surface area contributed by atoms with Crippen LogP contribution in [0.15, 0.2) is 12.4 Å². The minimum absolute atomic E-state index is 0.465. The number of carbonyl (C=O) groups is 1. The highest BCUT2D eigenvalue weighted by Gasteiger charge is 2.31. The Hall–Kier alpha value is -1.40. The molecule has 0 spiro atoms. The van der Waals surface area contributed by atoms with Crippen molar-refractivity contribution in [3.8, 4) is 0 Å². The van der Waals surface area contributed by atoms with Crippen molar-refractivity contribution in [1.29, 1.82) is 0 Å². The van der Waals surface area contributed by atoms with Crippen molar-refractivity contribution in [2.45, 2.75) is 44.8 Å². The highest BCUT2D eigenvalue weighted by atomic mass is 16.4. The van der Waals surface area contributed by atoms with E-state index in [0.717, 1.165) is 38.4 Å². The number of nitrogens with two attached hydrogens (primary N) is 1. The number of imidazole rings is 1. The Kier molecular flexibility index (Phi) is 4.21. The highest BCUT2D eigenvalue weighted by Crippen LogP contribution is 2.16. The van der Waals surface area contributed by atoms with Gasteiger partial charge >= 0.3 is 5.97 Å². The van der Waals surface area contributed by atoms with E-state index < -0.39 is 11.5 Å². The molecule has 0 aliphatic carbocycles. The van der Waals surface area contributed by atoms with E-state index in [9.17, 15) is 4.79 Å². The fourth-order valence-corrected chi connectivity index (χ4v) is 2.47. The molecule has 2 heterocycles. The van der Waals surface area contributed by atoms with Crippen LogP contribution in [0.3, 0.4) is 0 Å². The van der Waals surface area contributed by atoms with Gasteiger partial charge in [-0.15, -0.1) is 0 Å². The van der Waals surface area contributed by atoms with Gasteiger partial charge < -0.3 is 15.4 Å². The molecule has 0 radical (unpaired) electrons. The topological polar surface area (TPSA) is 84.4 Å². The molecule has 0 amide bonds. The van der Waals surface area contributed by atoms with Gasteiger partial charge in [-0.2, -0.15) is 0 Å². The van der Waals surface area contributed by atoms with Gasteiger partial charge in [0, 0.05) is 25.5 Å². The van der Waals surface area contributed by atoms with E-state index in [1.807, 2.05) is 19.3 Å². The summed E-state index contributed by atoms with van der Waals surface area (Å²) in [6.45, 7) is 5.48. The first-order chi connectivity index (χ1) is 9.05. The Morgan fingerprint density at radius 2 is 2.37 bits per heavy atom. The second-order valence-corrected chi connectivity index (χ2v) is 5.23. The zero-order valence-corrected chi connectivity index (χ0v) is 11.4. The SMILES string of the molecule is CCC(N)(CCCN1CCn2ccnc2C1)C(=O)O. The minimum atomic E-state index is -1.08. The first-order valence-corrected chi connectivity index (χ1v) is 6.80. The molecule has 1 aromatic rings. The third-order valence-corrected chi connectivity index (χ3v) is 3.98. The predicted molar refractivity (Wildman–Crippen MR) is 71.6 cm³/mol. The number of aromatic nitrogens is 2. The number of aliphatic carboxylic acids is 1. The Bertz CT molecular complexity index is 446. The van der Waals surface area contributed by atoms with Crippen molar-refractivity contribution in [2.75, 3.05) is 13.1 Å². The van der Waals surface area contributed by atoms with Crippen LogP contribution in [-0.2, 0) is 17.9 Å². The van der Waals surface area contributed by atoms with E-state index in [1.165, 1.54) is 0 Å². The van der Waals surface area contributed by atoms with Crippen LogP contribution in [0.4, 0.5) is 0 Å². The van der Waals surface area contributed by atoms with E-state index in [2.05, 4.69) is 14.5 Å². The van der Waals surface area contributed by atoms with Crippen LogP contribution in [0.25, 0.3) is 0 Å². The van der Waals surface area contributed by atoms with Gasteiger partial charge in [-0.3, -0.25) is 9.69 Å². The first-order valence-electron chi connectivity index (χ1n) is 6.80. The lowest BCUT2D eigenvalue weighted by Crippen LogP contribution is -2.48. The summed E-state index contributed by atoms with van der Waals surface area (Å²) in [5.74, 6) is 0.183. The molecular weight excluding hydrogens is 244 g/mol. The molecule has 0 saturated carbocycles. The van der Waals surface area contributed by atoms with Crippen LogP contribution in [0.2, 0.25) is 0 Å². The fraction of sp³-hybridized carbons (Fsp3) is 0.692. The Morgan fingerprint density at radius 1 is 1.58 bits per heavy atom. The molecule has 0 aromatic carbocycles. The highest BCUT2D eigenvalue weighted by molar-refractivity contribution is 5.78. The average Bonchev–Trinajstić information content (AvgIpc) is 2.85. The molecule has 6 nitrogen and oxygen atoms in total. The molecule has 1 aromatic heterocycles. The van der Waals surface area contributed by atoms with Crippen LogP contribution in [-0.4, -0.2) is 44.2 Å². The molecule has 2 rings (SSSR count). The third kappa shape index (κ3) is 3.13. The van der Waals surface area contributed by atoms with Gasteiger partial charge in [0.2, 0.25) is 0 Å². The number of rotatable bonds is 6. The molecule has 1 aliphatic rings. The van der Waals surface area contributed by atoms with E-state index in [-0.39, 0.29) is 0 Å². The van der Waals surface area contributed by atoms with Gasteiger partial charge in [0.05, 0.1) is 6.54 Å². The van der Waals surface area contributed by atoms with Crippen molar-refractivity contribution >= 4 is 5.97 Å². The van der Waals surface area contributed by atoms with E-state index in [4.69, 9.17) is 10.8 Å². The van der Waals surface area contributed by atoms with Crippen LogP contribution >= 0.6 is 0 Å². The van der Waals surface area contributed by atoms with Gasteiger partial charge in [-0.25, -0.2) is 4.98 Å². The molecule has 3 N–H and O–H groups in total. The van der Waals surface area contributed by atoms with Gasteiger partial charge in [0.25, 0.3) is 0 Å². The summed E-state index contributed by atoms with van der Waals surface area (Å²) < 4.78 is 2.16. The number of carboxylic acids is 1. The largest absolute Gasteiger partial charge is 0.480 e. The molecule has 0 fully saturated rings. The molecule has 19 heavy (non-hydrogen) atoms. The lowest BCUT2D eigenvalue weighted by atomic mass is 9.92. The lowest BCUT2D eigenvalue weighted by molar-refractivity contribution is -0.143. The van der Waals surface area contributed by atoms with Crippen molar-refractivity contribution in [3.05, 3.63) is 18.2 Å². The van der Waals surface area contributed by atoms with E-state index in [0.29, 0.717) is 12.8 Å². The van der Waals surface area contributed by atoms with Gasteiger partial charge in [-0.1, -0.05) is 6.92 Å². The van der Waals surface area contributed by atoms with Crippen molar-refractivity contribution in [1.82, 2.24) is 14.5 Å². The molecule has 1 aliphatic heterocycles. The van der Waals surface area contributed by atoms with Crippen molar-refractivity contribution < 1.29 is 9.90 Å². The fourth-order valence-electron chi connectivity index (χ4n) is 2.47. The van der Waals surface area contributed by atoms with Crippen LogP contribution in [0, 0.1) is 0 Å². The zero-order chi connectivity index (χ0) is 13.9. The predicted octanol–water partition coefficient (Wildman–Crippen LogP) is 0.671. The second-order valence-electron chi connectivity index (χ2n) is 5.23. The van der Waals surface area contributed by atoms with Crippen LogP contribution in [0.5, 0.6) is 0 Å². The number of nitrogens with zero attached hydrogens (tertiary/aromatic N) is 3. The number of carboxylic acid groups (broad SMARTS) is 1. The maximum absolute atomic E-state index is 11.1. The number of hydrogen-bond donors (Lipinski definition) is 2. The summed E-state index contributed by atoms with van der Waals surface area (Å²) in [4.78, 5) is 17.7. The summed E-state index contributed by atoms with van der Waals surface area (Å²) >= 11 is 0. The third-order valence-electron chi connectivity index (χ3n) is 3.98. The van der Waals surface area contributed by atoms with E-state index >= 15 is 0 Å². The smallest absolute Gasteiger partial charge is 0.323 e. The normalized spacial score (nSPS) is 18.8. The lowest BCUT2D eigenvalue weighted by Gasteiger charge is -2.29. The molecular formula is C13H22N4O2. The quantitative estimate of drug-likeness (QED) is 0.790.